The molecular weight excluding hydrogens is 172 g/mol. The molecule has 0 aliphatic carbocycles. The molecule has 2 rings (SSSR count). The summed E-state index contributed by atoms with van der Waals surface area (Å²) in [4.78, 5) is 15.5. The molecule has 0 atom stereocenters. The largest absolute Gasteiger partial charge is 0.365 e. The highest BCUT2D eigenvalue weighted by Gasteiger charge is 2.08. The molecule has 60 valence electrons. The van der Waals surface area contributed by atoms with Crippen molar-refractivity contribution < 1.29 is 4.79 Å². The van der Waals surface area contributed by atoms with E-state index in [1.165, 1.54) is 11.3 Å². The first-order chi connectivity index (χ1) is 5.79. The topological polar surface area (TPSA) is 56.0 Å². The van der Waals surface area contributed by atoms with Gasteiger partial charge in [0, 0.05) is 17.0 Å². The molecule has 0 unspecified atom stereocenters. The molecule has 3 nitrogen and oxygen atoms in total. The molecule has 0 saturated heterocycles. The number of rotatable bonds is 1. The van der Waals surface area contributed by atoms with Gasteiger partial charge in [0.2, 0.25) is 0 Å². The smallest absolute Gasteiger partial charge is 0.261 e. The predicted molar refractivity (Wildman–Crippen MR) is 48.1 cm³/mol. The fourth-order valence-corrected chi connectivity index (χ4v) is 1.89. The highest BCUT2D eigenvalue weighted by Crippen LogP contribution is 2.22. The summed E-state index contributed by atoms with van der Waals surface area (Å²) in [6, 6.07) is 3.74. The van der Waals surface area contributed by atoms with Crippen molar-refractivity contribution >= 4 is 28.1 Å². The van der Waals surface area contributed by atoms with Crippen LogP contribution in [0.15, 0.2) is 23.7 Å². The normalized spacial score (nSPS) is 10.3. The van der Waals surface area contributed by atoms with E-state index in [2.05, 4.69) is 4.98 Å². The van der Waals surface area contributed by atoms with Crippen LogP contribution in [0.4, 0.5) is 0 Å². The SMILES string of the molecule is NC(=O)c1scc2cccnc12. The molecule has 2 N–H and O–H groups in total. The number of nitrogens with two attached hydrogens (primary N) is 1. The number of amides is 1. The van der Waals surface area contributed by atoms with Gasteiger partial charge in [0.15, 0.2) is 0 Å². The van der Waals surface area contributed by atoms with Crippen LogP contribution in [0.2, 0.25) is 0 Å². The van der Waals surface area contributed by atoms with E-state index in [1.54, 1.807) is 6.20 Å². The summed E-state index contributed by atoms with van der Waals surface area (Å²) in [5.74, 6) is -0.409. The van der Waals surface area contributed by atoms with Crippen LogP contribution in [0.25, 0.3) is 10.9 Å². The van der Waals surface area contributed by atoms with E-state index in [-0.39, 0.29) is 0 Å². The molecule has 0 spiro atoms. The number of fused-ring (bicyclic) bond motifs is 1. The molecule has 0 bridgehead atoms. The zero-order valence-corrected chi connectivity index (χ0v) is 6.97. The summed E-state index contributed by atoms with van der Waals surface area (Å²) in [5.41, 5.74) is 5.86. The van der Waals surface area contributed by atoms with Crippen molar-refractivity contribution in [1.29, 1.82) is 0 Å². The molecule has 1 amide bonds. The summed E-state index contributed by atoms with van der Waals surface area (Å²) in [7, 11) is 0. The molecule has 0 saturated carbocycles. The lowest BCUT2D eigenvalue weighted by atomic mass is 10.3. The van der Waals surface area contributed by atoms with Crippen molar-refractivity contribution in [3.63, 3.8) is 0 Å². The summed E-state index contributed by atoms with van der Waals surface area (Å²) in [5, 5.41) is 2.85. The van der Waals surface area contributed by atoms with Gasteiger partial charge in [-0.2, -0.15) is 0 Å². The van der Waals surface area contributed by atoms with Crippen LogP contribution in [0, 0.1) is 0 Å². The summed E-state index contributed by atoms with van der Waals surface area (Å²) in [6.07, 6.45) is 1.65. The minimum Gasteiger partial charge on any atom is -0.365 e. The Morgan fingerprint density at radius 1 is 1.58 bits per heavy atom. The van der Waals surface area contributed by atoms with Gasteiger partial charge in [-0.15, -0.1) is 11.3 Å². The first-order valence-corrected chi connectivity index (χ1v) is 4.29. The predicted octanol–water partition coefficient (Wildman–Crippen LogP) is 1.40. The van der Waals surface area contributed by atoms with E-state index in [1.807, 2.05) is 17.5 Å². The zero-order valence-electron chi connectivity index (χ0n) is 6.15. The Bertz CT molecular complexity index is 435. The second-order valence-corrected chi connectivity index (χ2v) is 3.25. The molecule has 0 aliphatic rings. The molecule has 0 radical (unpaired) electrons. The highest BCUT2D eigenvalue weighted by molar-refractivity contribution is 7.13. The van der Waals surface area contributed by atoms with Gasteiger partial charge in [-0.1, -0.05) is 6.07 Å². The van der Waals surface area contributed by atoms with Gasteiger partial charge >= 0.3 is 0 Å². The summed E-state index contributed by atoms with van der Waals surface area (Å²) >= 11 is 1.33. The van der Waals surface area contributed by atoms with Crippen molar-refractivity contribution in [1.82, 2.24) is 4.98 Å². The van der Waals surface area contributed by atoms with Crippen LogP contribution >= 0.6 is 11.3 Å². The van der Waals surface area contributed by atoms with Crippen molar-refractivity contribution in [2.24, 2.45) is 5.73 Å². The van der Waals surface area contributed by atoms with Crippen LogP contribution in [0.3, 0.4) is 0 Å². The zero-order chi connectivity index (χ0) is 8.55. The quantitative estimate of drug-likeness (QED) is 0.717. The van der Waals surface area contributed by atoms with Gasteiger partial charge < -0.3 is 5.73 Å². The second-order valence-electron chi connectivity index (χ2n) is 2.37. The molecular formula is C8H6N2OS. The van der Waals surface area contributed by atoms with Crippen LogP contribution in [0.1, 0.15) is 9.67 Å². The van der Waals surface area contributed by atoms with E-state index in [0.717, 1.165) is 5.39 Å². The molecule has 2 aromatic heterocycles. The van der Waals surface area contributed by atoms with Crippen molar-refractivity contribution in [2.45, 2.75) is 0 Å². The first-order valence-electron chi connectivity index (χ1n) is 3.41. The maximum atomic E-state index is 10.9. The number of hydrogen-bond acceptors (Lipinski definition) is 3. The molecule has 12 heavy (non-hydrogen) atoms. The van der Waals surface area contributed by atoms with Gasteiger partial charge in [0.25, 0.3) is 5.91 Å². The fraction of sp³-hybridized carbons (Fsp3) is 0. The number of aromatic nitrogens is 1. The molecule has 0 fully saturated rings. The molecule has 2 aromatic rings. The van der Waals surface area contributed by atoms with E-state index >= 15 is 0 Å². The van der Waals surface area contributed by atoms with Crippen molar-refractivity contribution in [3.05, 3.63) is 28.6 Å². The van der Waals surface area contributed by atoms with Gasteiger partial charge in [0.05, 0.1) is 5.52 Å². The highest BCUT2D eigenvalue weighted by atomic mass is 32.1. The molecule has 4 heteroatoms. The van der Waals surface area contributed by atoms with Gasteiger partial charge in [-0.05, 0) is 6.07 Å². The van der Waals surface area contributed by atoms with Crippen LogP contribution in [0.5, 0.6) is 0 Å². The van der Waals surface area contributed by atoms with Gasteiger partial charge in [-0.25, -0.2) is 0 Å². The number of nitrogens with zero attached hydrogens (tertiary/aromatic N) is 1. The second kappa shape index (κ2) is 2.57. The fourth-order valence-electron chi connectivity index (χ4n) is 1.06. The molecule has 0 aromatic carbocycles. The summed E-state index contributed by atoms with van der Waals surface area (Å²) in [6.45, 7) is 0. The van der Waals surface area contributed by atoms with Crippen LogP contribution in [-0.2, 0) is 0 Å². The van der Waals surface area contributed by atoms with Crippen molar-refractivity contribution in [3.8, 4) is 0 Å². The Balaban J connectivity index is 2.79. The van der Waals surface area contributed by atoms with Gasteiger partial charge in [-0.3, -0.25) is 9.78 Å². The van der Waals surface area contributed by atoms with Crippen molar-refractivity contribution in [2.75, 3.05) is 0 Å². The van der Waals surface area contributed by atoms with E-state index in [9.17, 15) is 4.79 Å². The molecule has 0 aliphatic heterocycles. The third kappa shape index (κ3) is 0.967. The number of pyridine rings is 1. The number of thiophene rings is 1. The monoisotopic (exact) mass is 178 g/mol. The van der Waals surface area contributed by atoms with E-state index in [4.69, 9.17) is 5.73 Å². The van der Waals surface area contributed by atoms with E-state index < -0.39 is 5.91 Å². The van der Waals surface area contributed by atoms with E-state index in [0.29, 0.717) is 10.4 Å². The average Bonchev–Trinajstić information content (AvgIpc) is 2.47. The maximum absolute atomic E-state index is 10.9. The van der Waals surface area contributed by atoms with Crippen LogP contribution < -0.4 is 5.73 Å². The lowest BCUT2D eigenvalue weighted by Gasteiger charge is -1.89. The number of primary amides is 1. The Labute approximate surface area is 72.8 Å². The molecule has 2 heterocycles. The minimum absolute atomic E-state index is 0.409. The minimum atomic E-state index is -0.409. The third-order valence-corrected chi connectivity index (χ3v) is 2.58. The first kappa shape index (κ1) is 7.24. The Morgan fingerprint density at radius 2 is 2.42 bits per heavy atom. The Hall–Kier alpha value is -1.42. The number of carbonyl (C=O) groups excluding carboxylic acids is 1. The summed E-state index contributed by atoms with van der Waals surface area (Å²) < 4.78 is 0. The average molecular weight is 178 g/mol. The Morgan fingerprint density at radius 3 is 3.17 bits per heavy atom. The Kier molecular flexibility index (Phi) is 1.55. The number of carbonyl (C=O) groups is 1. The van der Waals surface area contributed by atoms with Gasteiger partial charge in [0.1, 0.15) is 4.88 Å². The van der Waals surface area contributed by atoms with Crippen LogP contribution in [-0.4, -0.2) is 10.9 Å². The lowest BCUT2D eigenvalue weighted by Crippen LogP contribution is -2.09. The number of hydrogen-bond donors (Lipinski definition) is 1. The third-order valence-electron chi connectivity index (χ3n) is 1.58. The maximum Gasteiger partial charge on any atom is 0.261 e. The standard InChI is InChI=1S/C8H6N2OS/c9-8(11)7-6-5(4-12-7)2-1-3-10-6/h1-4H,(H2,9,11). The lowest BCUT2D eigenvalue weighted by molar-refractivity contribution is 0.101.